The Morgan fingerprint density at radius 3 is 1.85 bits per heavy atom. The topological polar surface area (TPSA) is 38.9 Å². The average molecular weight is 701 g/mol. The number of aromatic nitrogens is 2. The second-order valence-electron chi connectivity index (χ2n) is 14.1. The fraction of sp³-hybridized carbons (Fsp3) is 0. The van der Waals surface area contributed by atoms with E-state index in [1.54, 1.807) is 0 Å². The molecule has 3 heteroatoms. The summed E-state index contributed by atoms with van der Waals surface area (Å²) in [6, 6.07) is 68.6. The van der Waals surface area contributed by atoms with E-state index in [-0.39, 0.29) is 0 Å². The van der Waals surface area contributed by atoms with Crippen molar-refractivity contribution in [3.63, 3.8) is 0 Å². The monoisotopic (exact) mass is 700 g/mol. The zero-order valence-electron chi connectivity index (χ0n) is 29.8. The standard InChI is InChI=1S/C52H32N2O/c1-2-15-34(16-3-1)52-53-46(37-19-12-18-35(30-37)40-25-13-27-49-51(40)44-24-10-11-26-48(44)55-49)32-47(54-52)41-22-8-9-23-42(41)50-39-21-7-5-17-36(39)31-45-38-20-6-4-14-33(38)28-29-43(45)50/h1-32H. The van der Waals surface area contributed by atoms with Gasteiger partial charge in [-0.3, -0.25) is 0 Å². The fourth-order valence-corrected chi connectivity index (χ4v) is 8.35. The van der Waals surface area contributed by atoms with Gasteiger partial charge in [-0.25, -0.2) is 9.97 Å². The Bertz CT molecular complexity index is 3270. The van der Waals surface area contributed by atoms with Crippen molar-refractivity contribution in [3.05, 3.63) is 194 Å². The molecule has 0 saturated heterocycles. The van der Waals surface area contributed by atoms with Crippen LogP contribution in [-0.4, -0.2) is 9.97 Å². The molecule has 0 atom stereocenters. The molecule has 0 aliphatic carbocycles. The highest BCUT2D eigenvalue weighted by Gasteiger charge is 2.19. The van der Waals surface area contributed by atoms with Crippen LogP contribution in [0.3, 0.4) is 0 Å². The molecule has 9 aromatic carbocycles. The van der Waals surface area contributed by atoms with Crippen molar-refractivity contribution >= 4 is 54.3 Å². The van der Waals surface area contributed by atoms with Gasteiger partial charge < -0.3 is 4.42 Å². The molecule has 0 fully saturated rings. The number of rotatable bonds is 5. The van der Waals surface area contributed by atoms with E-state index in [2.05, 4.69) is 158 Å². The Morgan fingerprint density at radius 2 is 0.964 bits per heavy atom. The molecule has 0 unspecified atom stereocenters. The van der Waals surface area contributed by atoms with Crippen LogP contribution in [0.1, 0.15) is 0 Å². The lowest BCUT2D eigenvalue weighted by Gasteiger charge is -2.17. The van der Waals surface area contributed by atoms with Crippen molar-refractivity contribution in [2.24, 2.45) is 0 Å². The van der Waals surface area contributed by atoms with Crippen molar-refractivity contribution in [2.75, 3.05) is 0 Å². The molecule has 3 nitrogen and oxygen atoms in total. The van der Waals surface area contributed by atoms with Crippen LogP contribution in [0.4, 0.5) is 0 Å². The smallest absolute Gasteiger partial charge is 0.160 e. The van der Waals surface area contributed by atoms with Crippen LogP contribution in [0, 0.1) is 0 Å². The minimum absolute atomic E-state index is 0.685. The fourth-order valence-electron chi connectivity index (χ4n) is 8.35. The Labute approximate surface area is 317 Å². The van der Waals surface area contributed by atoms with Gasteiger partial charge in [-0.15, -0.1) is 0 Å². The van der Waals surface area contributed by atoms with Gasteiger partial charge >= 0.3 is 0 Å². The van der Waals surface area contributed by atoms with E-state index in [0.717, 1.165) is 66.7 Å². The summed E-state index contributed by atoms with van der Waals surface area (Å²) >= 11 is 0. The molecule has 0 amide bonds. The van der Waals surface area contributed by atoms with Gasteiger partial charge in [0.05, 0.1) is 11.4 Å². The predicted molar refractivity (Wildman–Crippen MR) is 229 cm³/mol. The van der Waals surface area contributed by atoms with Gasteiger partial charge in [-0.2, -0.15) is 0 Å². The third kappa shape index (κ3) is 5.20. The van der Waals surface area contributed by atoms with Crippen molar-refractivity contribution in [2.45, 2.75) is 0 Å². The number of fused-ring (bicyclic) bond motifs is 7. The maximum absolute atomic E-state index is 6.26. The lowest BCUT2D eigenvalue weighted by Crippen LogP contribution is -1.97. The molecule has 0 aliphatic rings. The van der Waals surface area contributed by atoms with Gasteiger partial charge in [0, 0.05) is 27.5 Å². The van der Waals surface area contributed by atoms with Crippen LogP contribution in [0.5, 0.6) is 0 Å². The van der Waals surface area contributed by atoms with Crippen molar-refractivity contribution in [1.29, 1.82) is 0 Å². The Kier molecular flexibility index (Phi) is 7.17. The van der Waals surface area contributed by atoms with Crippen molar-refractivity contribution in [1.82, 2.24) is 9.97 Å². The molecule has 0 saturated carbocycles. The lowest BCUT2D eigenvalue weighted by atomic mass is 9.87. The van der Waals surface area contributed by atoms with Crippen LogP contribution < -0.4 is 0 Å². The number of furan rings is 1. The summed E-state index contributed by atoms with van der Waals surface area (Å²) in [6.07, 6.45) is 0. The van der Waals surface area contributed by atoms with E-state index in [9.17, 15) is 0 Å². The minimum Gasteiger partial charge on any atom is -0.456 e. The number of nitrogens with zero attached hydrogens (tertiary/aromatic N) is 2. The second-order valence-corrected chi connectivity index (χ2v) is 14.1. The van der Waals surface area contributed by atoms with Crippen LogP contribution in [-0.2, 0) is 0 Å². The third-order valence-corrected chi connectivity index (χ3v) is 10.9. The first-order chi connectivity index (χ1) is 27.3. The molecule has 256 valence electrons. The first kappa shape index (κ1) is 31.2. The molecule has 11 aromatic rings. The molecule has 0 bridgehead atoms. The largest absolute Gasteiger partial charge is 0.456 e. The van der Waals surface area contributed by atoms with E-state index in [1.165, 1.54) is 37.9 Å². The molecule has 0 spiro atoms. The molecule has 0 N–H and O–H groups in total. The molecule has 2 aromatic heterocycles. The summed E-state index contributed by atoms with van der Waals surface area (Å²) in [6.45, 7) is 0. The van der Waals surface area contributed by atoms with Crippen molar-refractivity contribution < 1.29 is 4.42 Å². The normalized spacial score (nSPS) is 11.6. The maximum atomic E-state index is 6.26. The molecule has 2 heterocycles. The van der Waals surface area contributed by atoms with E-state index in [0.29, 0.717) is 5.82 Å². The molecule has 55 heavy (non-hydrogen) atoms. The van der Waals surface area contributed by atoms with Gasteiger partial charge in [-0.1, -0.05) is 164 Å². The predicted octanol–water partition coefficient (Wildman–Crippen LogP) is 14.2. The summed E-state index contributed by atoms with van der Waals surface area (Å²) in [5.41, 5.74) is 11.1. The summed E-state index contributed by atoms with van der Waals surface area (Å²) in [4.78, 5) is 10.6. The Balaban J connectivity index is 1.14. The van der Waals surface area contributed by atoms with Gasteiger partial charge in [0.1, 0.15) is 11.2 Å². The summed E-state index contributed by atoms with van der Waals surface area (Å²) < 4.78 is 6.26. The van der Waals surface area contributed by atoms with Gasteiger partial charge in [0.2, 0.25) is 0 Å². The molecular weight excluding hydrogens is 669 g/mol. The van der Waals surface area contributed by atoms with Crippen LogP contribution in [0.2, 0.25) is 0 Å². The third-order valence-electron chi connectivity index (χ3n) is 10.9. The highest BCUT2D eigenvalue weighted by molar-refractivity contribution is 6.21. The van der Waals surface area contributed by atoms with Gasteiger partial charge in [-0.05, 0) is 84.9 Å². The Morgan fingerprint density at radius 1 is 0.327 bits per heavy atom. The highest BCUT2D eigenvalue weighted by atomic mass is 16.3. The Hall–Kier alpha value is -7.36. The van der Waals surface area contributed by atoms with Gasteiger partial charge in [0.15, 0.2) is 5.82 Å². The quantitative estimate of drug-likeness (QED) is 0.133. The van der Waals surface area contributed by atoms with E-state index < -0.39 is 0 Å². The SMILES string of the molecule is c1ccc(-c2nc(-c3cccc(-c4cccc5oc6ccccc6c45)c3)cc(-c3ccccc3-c3c4ccccc4cc4c3ccc3ccccc34)n2)cc1. The first-order valence-electron chi connectivity index (χ1n) is 18.7. The molecule has 11 rings (SSSR count). The number of hydrogen-bond donors (Lipinski definition) is 0. The molecule has 0 radical (unpaired) electrons. The van der Waals surface area contributed by atoms with Crippen LogP contribution in [0.25, 0.3) is 110 Å². The van der Waals surface area contributed by atoms with Crippen molar-refractivity contribution in [3.8, 4) is 56.2 Å². The zero-order chi connectivity index (χ0) is 36.3. The lowest BCUT2D eigenvalue weighted by molar-refractivity contribution is 0.669. The summed E-state index contributed by atoms with van der Waals surface area (Å²) in [5.74, 6) is 0.685. The number of hydrogen-bond acceptors (Lipinski definition) is 3. The summed E-state index contributed by atoms with van der Waals surface area (Å²) in [7, 11) is 0. The van der Waals surface area contributed by atoms with Gasteiger partial charge in [0.25, 0.3) is 0 Å². The summed E-state index contributed by atoms with van der Waals surface area (Å²) in [5, 5.41) is 9.59. The first-order valence-corrected chi connectivity index (χ1v) is 18.7. The highest BCUT2D eigenvalue weighted by Crippen LogP contribution is 2.44. The average Bonchev–Trinajstić information content (AvgIpc) is 3.65. The van der Waals surface area contributed by atoms with E-state index >= 15 is 0 Å². The zero-order valence-corrected chi connectivity index (χ0v) is 29.8. The molecular formula is C52H32N2O. The number of para-hydroxylation sites is 1. The van der Waals surface area contributed by atoms with E-state index in [4.69, 9.17) is 14.4 Å². The van der Waals surface area contributed by atoms with Crippen LogP contribution >= 0.6 is 0 Å². The minimum atomic E-state index is 0.685. The maximum Gasteiger partial charge on any atom is 0.160 e. The van der Waals surface area contributed by atoms with E-state index in [1.807, 2.05) is 36.4 Å². The second kappa shape index (κ2) is 12.6. The van der Waals surface area contributed by atoms with Crippen LogP contribution in [0.15, 0.2) is 199 Å². The number of benzene rings is 9. The molecule has 0 aliphatic heterocycles.